The van der Waals surface area contributed by atoms with Crippen LogP contribution in [0.5, 0.6) is 0 Å². The second-order valence-electron chi connectivity index (χ2n) is 12.8. The number of aliphatic hydroxyl groups is 1. The van der Waals surface area contributed by atoms with Gasteiger partial charge in [-0.25, -0.2) is 0 Å². The Bertz CT molecular complexity index is 1790. The van der Waals surface area contributed by atoms with Crippen LogP contribution in [0.1, 0.15) is 71.1 Å². The fraction of sp³-hybridized carbons (Fsp3) is 0.333. The predicted molar refractivity (Wildman–Crippen MR) is 179 cm³/mol. The third-order valence-electron chi connectivity index (χ3n) is 8.70. The number of hydrogen-bond acceptors (Lipinski definition) is 3. The number of hydrogen-bond donors (Lipinski definition) is 1. The number of carbonyl (C=O) groups is 1. The fourth-order valence-electron chi connectivity index (χ4n) is 5.11. The SMILES string of the molecule is CCC(C)(C)C(=O)/C=C(\O)C(C)(C)CC.Cc1[c-]c(-c2nccc3c4ccccc4c4cc(C)ccc4c23)cc(C)c1.[Ir]. The zero-order valence-corrected chi connectivity index (χ0v) is 29.4. The molecular formula is C39H44IrNO2-. The maximum absolute atomic E-state index is 11.8. The van der Waals surface area contributed by atoms with E-state index in [0.29, 0.717) is 0 Å². The normalized spacial score (nSPS) is 12.2. The molecule has 0 saturated heterocycles. The van der Waals surface area contributed by atoms with Crippen molar-refractivity contribution in [2.45, 2.75) is 75.2 Å². The van der Waals surface area contributed by atoms with E-state index < -0.39 is 0 Å². The van der Waals surface area contributed by atoms with E-state index >= 15 is 0 Å². The Kier molecular flexibility index (Phi) is 10.8. The second kappa shape index (κ2) is 13.5. The number of nitrogens with zero attached hydrogens (tertiary/aromatic N) is 1. The van der Waals surface area contributed by atoms with E-state index in [1.165, 1.54) is 49.5 Å². The predicted octanol–water partition coefficient (Wildman–Crippen LogP) is 10.8. The van der Waals surface area contributed by atoms with Gasteiger partial charge in [-0.1, -0.05) is 103 Å². The molecule has 4 aromatic carbocycles. The van der Waals surface area contributed by atoms with Crippen LogP contribution in [0.2, 0.25) is 0 Å². The first-order chi connectivity index (χ1) is 19.8. The van der Waals surface area contributed by atoms with E-state index in [1.54, 1.807) is 0 Å². The molecule has 1 radical (unpaired) electrons. The maximum Gasteiger partial charge on any atom is 0.164 e. The third kappa shape index (κ3) is 7.25. The van der Waals surface area contributed by atoms with Gasteiger partial charge < -0.3 is 10.1 Å². The van der Waals surface area contributed by atoms with Crippen LogP contribution in [0.15, 0.2) is 78.7 Å². The average molecular weight is 751 g/mol. The Morgan fingerprint density at radius 2 is 1.40 bits per heavy atom. The molecule has 0 atom stereocenters. The Morgan fingerprint density at radius 3 is 2.00 bits per heavy atom. The van der Waals surface area contributed by atoms with Crippen LogP contribution in [0.25, 0.3) is 43.6 Å². The molecule has 0 bridgehead atoms. The van der Waals surface area contributed by atoms with Crippen molar-refractivity contribution in [2.24, 2.45) is 10.8 Å². The topological polar surface area (TPSA) is 50.2 Å². The number of rotatable bonds is 6. The van der Waals surface area contributed by atoms with Gasteiger partial charge in [0, 0.05) is 43.2 Å². The molecule has 5 aromatic rings. The average Bonchev–Trinajstić information content (AvgIpc) is 2.96. The molecule has 0 aliphatic heterocycles. The van der Waals surface area contributed by atoms with Gasteiger partial charge in [-0.15, -0.1) is 34.9 Å². The molecule has 0 aliphatic carbocycles. The third-order valence-corrected chi connectivity index (χ3v) is 8.70. The van der Waals surface area contributed by atoms with Crippen LogP contribution in [0.3, 0.4) is 0 Å². The van der Waals surface area contributed by atoms with Crippen molar-refractivity contribution in [2.75, 3.05) is 0 Å². The van der Waals surface area contributed by atoms with E-state index in [4.69, 9.17) is 4.98 Å². The summed E-state index contributed by atoms with van der Waals surface area (Å²) in [7, 11) is 0. The van der Waals surface area contributed by atoms with E-state index in [2.05, 4.69) is 87.5 Å². The van der Waals surface area contributed by atoms with Crippen LogP contribution in [-0.2, 0) is 24.9 Å². The van der Waals surface area contributed by atoms with Gasteiger partial charge in [0.05, 0.1) is 0 Å². The minimum atomic E-state index is -0.377. The summed E-state index contributed by atoms with van der Waals surface area (Å²) in [4.78, 5) is 16.6. The van der Waals surface area contributed by atoms with Crippen LogP contribution in [0, 0.1) is 37.7 Å². The minimum Gasteiger partial charge on any atom is -0.512 e. The molecule has 0 spiro atoms. The number of benzene rings is 4. The monoisotopic (exact) mass is 751 g/mol. The standard InChI is InChI=1S/C26H20N.C13H24O2.Ir/c1-16-8-9-22-24(15-16)21-7-5-4-6-20(21)23-10-11-27-26(25(22)23)19-13-17(2)12-18(3)14-19;1-7-12(3,4)10(14)9-11(15)13(5,6)8-2;/h4-13,15H,1-3H3;9,14H,7-8H2,1-6H3;/q-1;;/b;10-9-;. The van der Waals surface area contributed by atoms with E-state index in [1.807, 2.05) is 47.7 Å². The number of aryl methyl sites for hydroxylation is 3. The van der Waals surface area contributed by atoms with E-state index in [9.17, 15) is 9.90 Å². The van der Waals surface area contributed by atoms with Crippen molar-refractivity contribution in [3.63, 3.8) is 0 Å². The molecule has 227 valence electrons. The number of aromatic nitrogens is 1. The Balaban J connectivity index is 0.000000274. The molecule has 0 aliphatic rings. The van der Waals surface area contributed by atoms with E-state index in [0.717, 1.165) is 29.7 Å². The van der Waals surface area contributed by atoms with Crippen molar-refractivity contribution in [1.29, 1.82) is 0 Å². The van der Waals surface area contributed by atoms with Crippen LogP contribution >= 0.6 is 0 Å². The van der Waals surface area contributed by atoms with Crippen LogP contribution in [0.4, 0.5) is 0 Å². The first-order valence-corrected chi connectivity index (χ1v) is 15.0. The molecule has 3 nitrogen and oxygen atoms in total. The summed E-state index contributed by atoms with van der Waals surface area (Å²) in [5.41, 5.74) is 5.05. The van der Waals surface area contributed by atoms with Crippen molar-refractivity contribution in [1.82, 2.24) is 4.98 Å². The number of allylic oxidation sites excluding steroid dienone is 2. The van der Waals surface area contributed by atoms with Gasteiger partial charge in [0.15, 0.2) is 5.78 Å². The van der Waals surface area contributed by atoms with Crippen LogP contribution in [-0.4, -0.2) is 15.9 Å². The first kappa shape index (κ1) is 34.2. The molecule has 0 fully saturated rings. The van der Waals surface area contributed by atoms with Gasteiger partial charge in [-0.2, -0.15) is 0 Å². The smallest absolute Gasteiger partial charge is 0.164 e. The molecule has 0 saturated carbocycles. The number of pyridine rings is 1. The van der Waals surface area contributed by atoms with Gasteiger partial charge in [0.2, 0.25) is 0 Å². The summed E-state index contributed by atoms with van der Waals surface area (Å²) in [6.07, 6.45) is 4.92. The summed E-state index contributed by atoms with van der Waals surface area (Å²) in [6, 6.07) is 25.4. The summed E-state index contributed by atoms with van der Waals surface area (Å²) in [5, 5.41) is 17.4. The summed E-state index contributed by atoms with van der Waals surface area (Å²) in [5.74, 6) is 0.195. The maximum atomic E-state index is 11.8. The molecule has 1 heterocycles. The van der Waals surface area contributed by atoms with Crippen molar-refractivity contribution < 1.29 is 30.0 Å². The van der Waals surface area contributed by atoms with Crippen molar-refractivity contribution in [3.8, 4) is 11.3 Å². The van der Waals surface area contributed by atoms with Crippen molar-refractivity contribution in [3.05, 3.63) is 101 Å². The Labute approximate surface area is 270 Å². The summed E-state index contributed by atoms with van der Waals surface area (Å²) >= 11 is 0. The minimum absolute atomic E-state index is 0. The van der Waals surface area contributed by atoms with Gasteiger partial charge in [-0.05, 0) is 63.8 Å². The summed E-state index contributed by atoms with van der Waals surface area (Å²) in [6.45, 7) is 18.0. The number of carbonyl (C=O) groups excluding carboxylic acids is 1. The fourth-order valence-corrected chi connectivity index (χ4v) is 5.11. The van der Waals surface area contributed by atoms with Gasteiger partial charge in [0.1, 0.15) is 5.76 Å². The molecule has 0 amide bonds. The molecule has 0 unspecified atom stereocenters. The zero-order valence-electron chi connectivity index (χ0n) is 27.0. The van der Waals surface area contributed by atoms with Gasteiger partial charge >= 0.3 is 0 Å². The molecule has 1 aromatic heterocycles. The van der Waals surface area contributed by atoms with Gasteiger partial charge in [-0.3, -0.25) is 4.79 Å². The quantitative estimate of drug-likeness (QED) is 0.0814. The molecule has 1 N–H and O–H groups in total. The van der Waals surface area contributed by atoms with Crippen molar-refractivity contribution >= 4 is 38.1 Å². The molecule has 4 heteroatoms. The van der Waals surface area contributed by atoms with Gasteiger partial charge in [0.25, 0.3) is 0 Å². The van der Waals surface area contributed by atoms with Crippen LogP contribution < -0.4 is 0 Å². The number of aliphatic hydroxyl groups excluding tert-OH is 1. The Morgan fingerprint density at radius 1 is 0.791 bits per heavy atom. The molecule has 5 rings (SSSR count). The zero-order chi connectivity index (χ0) is 30.8. The Hall–Kier alpha value is -3.33. The molecular weight excluding hydrogens is 707 g/mol. The summed E-state index contributed by atoms with van der Waals surface area (Å²) < 4.78 is 0. The first-order valence-electron chi connectivity index (χ1n) is 15.0. The second-order valence-corrected chi connectivity index (χ2v) is 12.8. The molecule has 43 heavy (non-hydrogen) atoms. The largest absolute Gasteiger partial charge is 0.512 e. The van der Waals surface area contributed by atoms with E-state index in [-0.39, 0.29) is 42.5 Å². The number of ketones is 1. The number of fused-ring (bicyclic) bond motifs is 6.